The molecule has 0 aliphatic carbocycles. The van der Waals surface area contributed by atoms with Crippen LogP contribution >= 0.6 is 0 Å². The SMILES string of the molecule is NCc1cc(CNCCO)ccc1NC(=O)c1ccc(Nc2nc(-c3ccccc3)c3ccccc3n2)cc1. The molecular weight excluding hydrogens is 488 g/mol. The van der Waals surface area contributed by atoms with Crippen molar-refractivity contribution >= 4 is 34.1 Å². The van der Waals surface area contributed by atoms with Gasteiger partial charge >= 0.3 is 0 Å². The molecular formula is C31H30N6O2. The van der Waals surface area contributed by atoms with E-state index in [4.69, 9.17) is 15.8 Å². The highest BCUT2D eigenvalue weighted by molar-refractivity contribution is 6.05. The molecule has 0 bridgehead atoms. The lowest BCUT2D eigenvalue weighted by Gasteiger charge is -2.13. The summed E-state index contributed by atoms with van der Waals surface area (Å²) in [6.07, 6.45) is 0. The Labute approximate surface area is 226 Å². The van der Waals surface area contributed by atoms with Gasteiger partial charge in [0.15, 0.2) is 0 Å². The Morgan fingerprint density at radius 1 is 0.872 bits per heavy atom. The fourth-order valence-corrected chi connectivity index (χ4v) is 4.34. The molecule has 8 nitrogen and oxygen atoms in total. The molecule has 1 amide bonds. The lowest BCUT2D eigenvalue weighted by molar-refractivity contribution is 0.102. The van der Waals surface area contributed by atoms with Crippen molar-refractivity contribution in [1.82, 2.24) is 15.3 Å². The number of aliphatic hydroxyl groups is 1. The average molecular weight is 519 g/mol. The van der Waals surface area contributed by atoms with Gasteiger partial charge < -0.3 is 26.8 Å². The third-order valence-electron chi connectivity index (χ3n) is 6.31. The summed E-state index contributed by atoms with van der Waals surface area (Å²) >= 11 is 0. The maximum Gasteiger partial charge on any atom is 0.255 e. The Bertz CT molecular complexity index is 1570. The molecule has 6 N–H and O–H groups in total. The number of anilines is 3. The highest BCUT2D eigenvalue weighted by Gasteiger charge is 2.12. The molecule has 0 radical (unpaired) electrons. The number of aromatic nitrogens is 2. The van der Waals surface area contributed by atoms with E-state index in [1.807, 2.05) is 84.9 Å². The van der Waals surface area contributed by atoms with Crippen LogP contribution in [0.2, 0.25) is 0 Å². The number of aliphatic hydroxyl groups excluding tert-OH is 1. The van der Waals surface area contributed by atoms with E-state index in [2.05, 4.69) is 20.9 Å². The number of hydrogen-bond acceptors (Lipinski definition) is 7. The predicted octanol–water partition coefficient (Wildman–Crippen LogP) is 4.83. The van der Waals surface area contributed by atoms with Gasteiger partial charge in [-0.15, -0.1) is 0 Å². The van der Waals surface area contributed by atoms with Crippen molar-refractivity contribution < 1.29 is 9.90 Å². The van der Waals surface area contributed by atoms with Crippen molar-refractivity contribution in [3.05, 3.63) is 114 Å². The van der Waals surface area contributed by atoms with Crippen LogP contribution in [0.5, 0.6) is 0 Å². The first-order valence-electron chi connectivity index (χ1n) is 12.8. The minimum absolute atomic E-state index is 0.0796. The summed E-state index contributed by atoms with van der Waals surface area (Å²) in [6.45, 7) is 1.51. The largest absolute Gasteiger partial charge is 0.395 e. The number of nitrogens with zero attached hydrogens (tertiary/aromatic N) is 2. The van der Waals surface area contributed by atoms with Gasteiger partial charge in [0.2, 0.25) is 5.95 Å². The number of carbonyl (C=O) groups is 1. The van der Waals surface area contributed by atoms with Gasteiger partial charge in [0, 0.05) is 47.5 Å². The second-order valence-corrected chi connectivity index (χ2v) is 9.03. The Morgan fingerprint density at radius 2 is 1.64 bits per heavy atom. The van der Waals surface area contributed by atoms with E-state index < -0.39 is 0 Å². The van der Waals surface area contributed by atoms with E-state index in [9.17, 15) is 4.79 Å². The number of fused-ring (bicyclic) bond motifs is 1. The summed E-state index contributed by atoms with van der Waals surface area (Å²) in [6, 6.07) is 30.9. The molecule has 0 fully saturated rings. The molecule has 196 valence electrons. The van der Waals surface area contributed by atoms with E-state index in [0.29, 0.717) is 36.8 Å². The number of nitrogens with two attached hydrogens (primary N) is 1. The third kappa shape index (κ3) is 6.27. The molecule has 0 saturated heterocycles. The molecule has 39 heavy (non-hydrogen) atoms. The second kappa shape index (κ2) is 12.3. The molecule has 1 aromatic heterocycles. The van der Waals surface area contributed by atoms with Gasteiger partial charge in [-0.2, -0.15) is 0 Å². The number of nitrogens with one attached hydrogen (secondary N) is 3. The van der Waals surface area contributed by atoms with Gasteiger partial charge in [0.05, 0.1) is 17.8 Å². The summed E-state index contributed by atoms with van der Waals surface area (Å²) in [7, 11) is 0. The van der Waals surface area contributed by atoms with Crippen LogP contribution in [-0.2, 0) is 13.1 Å². The predicted molar refractivity (Wildman–Crippen MR) is 156 cm³/mol. The summed E-state index contributed by atoms with van der Waals surface area (Å²) in [5.41, 5.74) is 12.5. The van der Waals surface area contributed by atoms with Gasteiger partial charge in [0.25, 0.3) is 5.91 Å². The molecule has 0 aliphatic rings. The summed E-state index contributed by atoms with van der Waals surface area (Å²) < 4.78 is 0. The molecule has 8 heteroatoms. The number of carbonyl (C=O) groups excluding carboxylic acids is 1. The van der Waals surface area contributed by atoms with Gasteiger partial charge in [-0.1, -0.05) is 60.7 Å². The van der Waals surface area contributed by atoms with Crippen molar-refractivity contribution in [2.24, 2.45) is 5.73 Å². The smallest absolute Gasteiger partial charge is 0.255 e. The highest BCUT2D eigenvalue weighted by atomic mass is 16.3. The van der Waals surface area contributed by atoms with Crippen LogP contribution in [0.25, 0.3) is 22.2 Å². The molecule has 4 aromatic carbocycles. The summed E-state index contributed by atoms with van der Waals surface area (Å²) in [5.74, 6) is 0.252. The Balaban J connectivity index is 1.31. The fourth-order valence-electron chi connectivity index (χ4n) is 4.34. The minimum atomic E-state index is -0.226. The van der Waals surface area contributed by atoms with Crippen molar-refractivity contribution in [1.29, 1.82) is 0 Å². The molecule has 0 saturated carbocycles. The van der Waals surface area contributed by atoms with Crippen LogP contribution in [-0.4, -0.2) is 34.1 Å². The Kier molecular flexibility index (Phi) is 8.18. The maximum absolute atomic E-state index is 13.0. The molecule has 0 atom stereocenters. The van der Waals surface area contributed by atoms with Crippen molar-refractivity contribution in [2.75, 3.05) is 23.8 Å². The topological polar surface area (TPSA) is 125 Å². The van der Waals surface area contributed by atoms with Gasteiger partial charge in [-0.3, -0.25) is 4.79 Å². The van der Waals surface area contributed by atoms with Gasteiger partial charge in [-0.25, -0.2) is 9.97 Å². The first-order chi connectivity index (χ1) is 19.1. The van der Waals surface area contributed by atoms with Crippen LogP contribution in [0.3, 0.4) is 0 Å². The first-order valence-corrected chi connectivity index (χ1v) is 12.8. The molecule has 0 unspecified atom stereocenters. The quantitative estimate of drug-likeness (QED) is 0.168. The Morgan fingerprint density at radius 3 is 2.41 bits per heavy atom. The van der Waals surface area contributed by atoms with Crippen LogP contribution in [0, 0.1) is 0 Å². The van der Waals surface area contributed by atoms with Crippen LogP contribution < -0.4 is 21.7 Å². The zero-order valence-corrected chi connectivity index (χ0v) is 21.4. The summed E-state index contributed by atoms with van der Waals surface area (Å²) in [4.78, 5) is 22.4. The number of benzene rings is 4. The van der Waals surface area contributed by atoms with Crippen molar-refractivity contribution in [3.63, 3.8) is 0 Å². The van der Waals surface area contributed by atoms with E-state index in [-0.39, 0.29) is 12.5 Å². The van der Waals surface area contributed by atoms with Crippen molar-refractivity contribution in [3.8, 4) is 11.3 Å². The number of amides is 1. The average Bonchev–Trinajstić information content (AvgIpc) is 2.98. The first kappa shape index (κ1) is 26.0. The fraction of sp³-hybridized carbons (Fsp3) is 0.129. The second-order valence-electron chi connectivity index (χ2n) is 9.03. The molecule has 1 heterocycles. The molecule has 0 aliphatic heterocycles. The highest BCUT2D eigenvalue weighted by Crippen LogP contribution is 2.28. The third-order valence-corrected chi connectivity index (χ3v) is 6.31. The molecule has 0 spiro atoms. The number of rotatable bonds is 10. The molecule has 5 rings (SSSR count). The monoisotopic (exact) mass is 518 g/mol. The minimum Gasteiger partial charge on any atom is -0.395 e. The van der Waals surface area contributed by atoms with Crippen LogP contribution in [0.15, 0.2) is 97.1 Å². The Hall–Kier alpha value is -4.63. The zero-order valence-electron chi connectivity index (χ0n) is 21.4. The lowest BCUT2D eigenvalue weighted by Crippen LogP contribution is -2.18. The lowest BCUT2D eigenvalue weighted by atomic mass is 10.1. The normalized spacial score (nSPS) is 10.9. The van der Waals surface area contributed by atoms with E-state index in [1.165, 1.54) is 0 Å². The molecule has 5 aromatic rings. The van der Waals surface area contributed by atoms with Gasteiger partial charge in [0.1, 0.15) is 0 Å². The number of hydrogen-bond donors (Lipinski definition) is 5. The van der Waals surface area contributed by atoms with Crippen LogP contribution in [0.4, 0.5) is 17.3 Å². The summed E-state index contributed by atoms with van der Waals surface area (Å²) in [5, 5.41) is 19.3. The van der Waals surface area contributed by atoms with E-state index in [1.54, 1.807) is 12.1 Å². The van der Waals surface area contributed by atoms with E-state index in [0.717, 1.165) is 39.0 Å². The van der Waals surface area contributed by atoms with Crippen molar-refractivity contribution in [2.45, 2.75) is 13.1 Å². The number of para-hydroxylation sites is 1. The zero-order chi connectivity index (χ0) is 27.0. The van der Waals surface area contributed by atoms with Crippen LogP contribution in [0.1, 0.15) is 21.5 Å². The standard InChI is InChI=1S/C31H30N6O2/c32-19-24-18-21(20-33-16-17-38)10-15-27(24)35-30(39)23-11-13-25(14-12-23)34-31-36-28-9-5-4-8-26(28)29(37-31)22-6-2-1-3-7-22/h1-15,18,33,38H,16-17,19-20,32H2,(H,35,39)(H,34,36,37). The van der Waals surface area contributed by atoms with E-state index >= 15 is 0 Å². The maximum atomic E-state index is 13.0. The van der Waals surface area contributed by atoms with Gasteiger partial charge in [-0.05, 0) is 47.5 Å².